The van der Waals surface area contributed by atoms with Crippen LogP contribution in [0, 0.1) is 30.4 Å². The zero-order valence-corrected chi connectivity index (χ0v) is 21.0. The molecule has 0 unspecified atom stereocenters. The van der Waals surface area contributed by atoms with Crippen molar-refractivity contribution in [3.05, 3.63) is 40.6 Å². The van der Waals surface area contributed by atoms with Crippen LogP contribution in [0.3, 0.4) is 0 Å². The zero-order chi connectivity index (χ0) is 23.4. The molecule has 0 saturated heterocycles. The van der Waals surface area contributed by atoms with E-state index in [0.29, 0.717) is 30.6 Å². The van der Waals surface area contributed by atoms with Crippen LogP contribution in [-0.2, 0) is 17.9 Å². The molecule has 1 aromatic heterocycles. The number of fused-ring (bicyclic) bond motifs is 2. The molecule has 1 atom stereocenters. The SMILES string of the molecule is C.C.Cc1nc(NC2CC(CN3Cc4cc(F)c(F)cc4C3)C2)nc2c1NC(=O)[C@H](C(C)C)N2C.S. The molecule has 5 rings (SSSR count). The van der Waals surface area contributed by atoms with Crippen LogP contribution < -0.4 is 15.5 Å². The molecule has 2 N–H and O–H groups in total. The van der Waals surface area contributed by atoms with Gasteiger partial charge in [0.15, 0.2) is 17.5 Å². The lowest BCUT2D eigenvalue weighted by molar-refractivity contribution is -0.118. The summed E-state index contributed by atoms with van der Waals surface area (Å²) in [4.78, 5) is 26.0. The second-order valence-corrected chi connectivity index (χ2v) is 10.0. The molecule has 1 saturated carbocycles. The highest BCUT2D eigenvalue weighted by Gasteiger charge is 2.36. The molecule has 36 heavy (non-hydrogen) atoms. The summed E-state index contributed by atoms with van der Waals surface area (Å²) in [5.41, 5.74) is 3.20. The van der Waals surface area contributed by atoms with Crippen LogP contribution in [0.4, 0.5) is 26.2 Å². The summed E-state index contributed by atoms with van der Waals surface area (Å²) >= 11 is 0. The van der Waals surface area contributed by atoms with E-state index in [-0.39, 0.29) is 52.3 Å². The molecule has 0 radical (unpaired) electrons. The molecule has 1 aliphatic carbocycles. The number of rotatable bonds is 5. The van der Waals surface area contributed by atoms with Crippen LogP contribution in [0.25, 0.3) is 0 Å². The molecule has 10 heteroatoms. The van der Waals surface area contributed by atoms with Gasteiger partial charge in [0.1, 0.15) is 11.7 Å². The van der Waals surface area contributed by atoms with E-state index in [1.54, 1.807) is 0 Å². The van der Waals surface area contributed by atoms with E-state index >= 15 is 0 Å². The van der Waals surface area contributed by atoms with Gasteiger partial charge in [-0.2, -0.15) is 18.5 Å². The fraction of sp³-hybridized carbons (Fsp3) is 0.577. The van der Waals surface area contributed by atoms with Gasteiger partial charge in [0.2, 0.25) is 11.9 Å². The largest absolute Gasteiger partial charge is 0.351 e. The summed E-state index contributed by atoms with van der Waals surface area (Å²) in [6.07, 6.45) is 1.99. The molecule has 2 aliphatic heterocycles. The van der Waals surface area contributed by atoms with Crippen LogP contribution >= 0.6 is 13.5 Å². The number of aromatic nitrogens is 2. The number of benzene rings is 1. The normalized spacial score (nSPS) is 22.4. The van der Waals surface area contributed by atoms with Gasteiger partial charge < -0.3 is 15.5 Å². The molecule has 2 aromatic rings. The average Bonchev–Trinajstić information content (AvgIpc) is 3.08. The van der Waals surface area contributed by atoms with Gasteiger partial charge >= 0.3 is 0 Å². The summed E-state index contributed by atoms with van der Waals surface area (Å²) in [7, 11) is 1.91. The maximum atomic E-state index is 13.5. The summed E-state index contributed by atoms with van der Waals surface area (Å²) in [5, 5.41) is 6.43. The van der Waals surface area contributed by atoms with Gasteiger partial charge in [-0.1, -0.05) is 28.7 Å². The van der Waals surface area contributed by atoms with Crippen molar-refractivity contribution < 1.29 is 13.6 Å². The quantitative estimate of drug-likeness (QED) is 0.571. The molecule has 3 aliphatic rings. The Hall–Kier alpha value is -2.46. The number of anilines is 3. The maximum Gasteiger partial charge on any atom is 0.247 e. The minimum Gasteiger partial charge on any atom is -0.351 e. The minimum absolute atomic E-state index is 0. The third-order valence-corrected chi connectivity index (χ3v) is 7.09. The Kier molecular flexibility index (Phi) is 9.34. The van der Waals surface area contributed by atoms with Crippen molar-refractivity contribution in [2.75, 3.05) is 29.1 Å². The number of carbonyl (C=O) groups is 1. The number of nitrogens with zero attached hydrogens (tertiary/aromatic N) is 4. The molecule has 0 bridgehead atoms. The van der Waals surface area contributed by atoms with Gasteiger partial charge in [-0.3, -0.25) is 9.69 Å². The van der Waals surface area contributed by atoms with Crippen molar-refractivity contribution in [2.45, 2.75) is 73.6 Å². The Bertz CT molecular complexity index is 1080. The fourth-order valence-corrected chi connectivity index (χ4v) is 5.42. The Morgan fingerprint density at radius 1 is 1.11 bits per heavy atom. The monoisotopic (exact) mass is 522 g/mol. The maximum absolute atomic E-state index is 13.5. The van der Waals surface area contributed by atoms with Crippen LogP contribution in [0.1, 0.15) is 58.4 Å². The van der Waals surface area contributed by atoms with Crippen molar-refractivity contribution in [3.63, 3.8) is 0 Å². The lowest BCUT2D eigenvalue weighted by atomic mass is 9.80. The van der Waals surface area contributed by atoms with Gasteiger partial charge in [0.25, 0.3) is 0 Å². The number of likely N-dealkylation sites (N-methyl/N-ethyl adjacent to an activating group) is 1. The van der Waals surface area contributed by atoms with Crippen molar-refractivity contribution in [1.29, 1.82) is 0 Å². The van der Waals surface area contributed by atoms with E-state index in [1.165, 1.54) is 12.1 Å². The van der Waals surface area contributed by atoms with Crippen LogP contribution in [0.2, 0.25) is 0 Å². The highest BCUT2D eigenvalue weighted by atomic mass is 32.1. The number of hydrogen-bond donors (Lipinski definition) is 2. The number of aryl methyl sites for hydroxylation is 1. The second kappa shape index (κ2) is 11.3. The molecule has 0 spiro atoms. The molecule has 3 heterocycles. The van der Waals surface area contributed by atoms with Crippen molar-refractivity contribution >= 4 is 36.9 Å². The van der Waals surface area contributed by atoms with Crippen LogP contribution in [0.15, 0.2) is 12.1 Å². The second-order valence-electron chi connectivity index (χ2n) is 10.0. The molecular formula is C26H40F2N6OS. The standard InChI is InChI=1S/C24H30F2N6O.2CH4.H2S/c1-12(2)21-23(33)29-20-13(3)27-24(30-22(20)31(21)4)28-17-5-14(6-17)9-32-10-15-7-18(25)19(26)8-16(15)11-32;;;/h7-8,12,14,17,21H,5-6,9-11H2,1-4H3,(H,29,33)(H,27,28,30);2*1H4;1H2/t14?,17?,21-;;;/m0.../s1. The number of carbonyl (C=O) groups excluding carboxylic acids is 1. The Labute approximate surface area is 220 Å². The molecule has 200 valence electrons. The summed E-state index contributed by atoms with van der Waals surface area (Å²) in [5.74, 6) is 0.448. The smallest absolute Gasteiger partial charge is 0.247 e. The van der Waals surface area contributed by atoms with E-state index in [2.05, 4.69) is 20.5 Å². The molecule has 1 fully saturated rings. The van der Waals surface area contributed by atoms with E-state index < -0.39 is 11.6 Å². The molecule has 1 aromatic carbocycles. The molecule has 7 nitrogen and oxygen atoms in total. The minimum atomic E-state index is -0.770. The Morgan fingerprint density at radius 3 is 2.25 bits per heavy atom. The van der Waals surface area contributed by atoms with Gasteiger partial charge in [-0.15, -0.1) is 0 Å². The van der Waals surface area contributed by atoms with E-state index in [0.717, 1.165) is 42.0 Å². The van der Waals surface area contributed by atoms with Gasteiger partial charge in [0, 0.05) is 32.7 Å². The van der Waals surface area contributed by atoms with Gasteiger partial charge in [-0.25, -0.2) is 13.8 Å². The predicted octanol–water partition coefficient (Wildman–Crippen LogP) is 5.07. The average molecular weight is 523 g/mol. The number of amides is 1. The summed E-state index contributed by atoms with van der Waals surface area (Å²) < 4.78 is 27.0. The van der Waals surface area contributed by atoms with E-state index in [4.69, 9.17) is 4.98 Å². The van der Waals surface area contributed by atoms with E-state index in [9.17, 15) is 13.6 Å². The predicted molar refractivity (Wildman–Crippen MR) is 147 cm³/mol. The van der Waals surface area contributed by atoms with Crippen molar-refractivity contribution in [1.82, 2.24) is 14.9 Å². The third kappa shape index (κ3) is 5.44. The molecular weight excluding hydrogens is 482 g/mol. The van der Waals surface area contributed by atoms with Crippen molar-refractivity contribution in [3.8, 4) is 0 Å². The fourth-order valence-electron chi connectivity index (χ4n) is 5.42. The first-order valence-corrected chi connectivity index (χ1v) is 11.6. The van der Waals surface area contributed by atoms with Crippen LogP contribution in [0.5, 0.6) is 0 Å². The zero-order valence-electron chi connectivity index (χ0n) is 20.0. The number of nitrogens with one attached hydrogen (secondary N) is 2. The summed E-state index contributed by atoms with van der Waals surface area (Å²) in [6.45, 7) is 8.19. The Morgan fingerprint density at radius 2 is 1.69 bits per heavy atom. The highest BCUT2D eigenvalue weighted by Crippen LogP contribution is 2.36. The molecule has 1 amide bonds. The highest BCUT2D eigenvalue weighted by molar-refractivity contribution is 7.59. The van der Waals surface area contributed by atoms with Crippen molar-refractivity contribution in [2.24, 2.45) is 11.8 Å². The summed E-state index contributed by atoms with van der Waals surface area (Å²) in [6, 6.07) is 2.68. The van der Waals surface area contributed by atoms with E-state index in [1.807, 2.05) is 32.7 Å². The van der Waals surface area contributed by atoms with Crippen LogP contribution in [-0.4, -0.2) is 46.5 Å². The number of halogens is 2. The van der Waals surface area contributed by atoms with Gasteiger partial charge in [-0.05, 0) is 54.9 Å². The van der Waals surface area contributed by atoms with Gasteiger partial charge in [0.05, 0.1) is 5.69 Å². The lowest BCUT2D eigenvalue weighted by Gasteiger charge is -2.39. The third-order valence-electron chi connectivity index (χ3n) is 7.09. The number of hydrogen-bond acceptors (Lipinski definition) is 6. The first kappa shape index (κ1) is 29.8. The Balaban J connectivity index is 0.00000152. The topological polar surface area (TPSA) is 73.4 Å². The lowest BCUT2D eigenvalue weighted by Crippen LogP contribution is -2.50. The first-order chi connectivity index (χ1) is 15.7. The first-order valence-electron chi connectivity index (χ1n) is 11.6.